The summed E-state index contributed by atoms with van der Waals surface area (Å²) in [6, 6.07) is 2.02. The number of carbonyl (C=O) groups is 2. The molecule has 0 fully saturated rings. The number of benzene rings is 1. The van der Waals surface area contributed by atoms with E-state index in [0.717, 1.165) is 0 Å². The minimum absolute atomic E-state index is 0.132. The lowest BCUT2D eigenvalue weighted by atomic mass is 9.32. The lowest BCUT2D eigenvalue weighted by Gasteiger charge is -2.72. The first-order chi connectivity index (χ1) is 19.1. The molecule has 0 spiro atoms. The standard InChI is InChI=1S/C41H67NO2/c1-33(2,3)26-24-25-29(31(35(7,8)9)30(26)34(4,5)6)40(36(10,11)12,37(13,14)15)41(38(16,17)18,39(19,20)21)32(25)42-27(43)22-23-28(42)44/h22-24,32H,1-21H3/t32-/m0/s1. The van der Waals surface area contributed by atoms with E-state index in [-0.39, 0.29) is 49.7 Å². The molecular weight excluding hydrogens is 538 g/mol. The third-order valence-electron chi connectivity index (χ3n) is 11.1. The fraction of sp³-hybridized carbons (Fsp3) is 0.756. The van der Waals surface area contributed by atoms with Crippen molar-refractivity contribution in [1.82, 2.24) is 4.90 Å². The highest BCUT2D eigenvalue weighted by atomic mass is 16.2. The molecule has 0 bridgehead atoms. The van der Waals surface area contributed by atoms with Gasteiger partial charge in [-0.05, 0) is 65.7 Å². The second kappa shape index (κ2) is 9.80. The van der Waals surface area contributed by atoms with Crippen LogP contribution in [0.2, 0.25) is 0 Å². The first-order valence-corrected chi connectivity index (χ1v) is 16.9. The van der Waals surface area contributed by atoms with Crippen molar-refractivity contribution >= 4 is 11.8 Å². The van der Waals surface area contributed by atoms with E-state index in [9.17, 15) is 9.59 Å². The van der Waals surface area contributed by atoms with Crippen LogP contribution in [0.25, 0.3) is 0 Å². The van der Waals surface area contributed by atoms with Gasteiger partial charge in [0, 0.05) is 23.0 Å². The van der Waals surface area contributed by atoms with Crippen LogP contribution in [-0.4, -0.2) is 16.7 Å². The first-order valence-electron chi connectivity index (χ1n) is 16.9. The summed E-state index contributed by atoms with van der Waals surface area (Å²) < 4.78 is 0. The Balaban J connectivity index is 3.06. The summed E-state index contributed by atoms with van der Waals surface area (Å²) in [5.74, 6) is -0.395. The van der Waals surface area contributed by atoms with Crippen LogP contribution in [-0.2, 0) is 31.2 Å². The molecule has 44 heavy (non-hydrogen) atoms. The van der Waals surface area contributed by atoms with Crippen LogP contribution < -0.4 is 0 Å². The average molecular weight is 606 g/mol. The van der Waals surface area contributed by atoms with Crippen LogP contribution in [0.4, 0.5) is 0 Å². The van der Waals surface area contributed by atoms with Gasteiger partial charge in [0.05, 0.1) is 6.04 Å². The van der Waals surface area contributed by atoms with Gasteiger partial charge in [0.25, 0.3) is 11.8 Å². The van der Waals surface area contributed by atoms with Crippen molar-refractivity contribution in [3.8, 4) is 0 Å². The molecule has 1 aliphatic heterocycles. The van der Waals surface area contributed by atoms with E-state index in [1.807, 2.05) is 0 Å². The number of imide groups is 1. The maximum absolute atomic E-state index is 14.0. The van der Waals surface area contributed by atoms with Crippen molar-refractivity contribution < 1.29 is 9.59 Å². The number of hydrogen-bond donors (Lipinski definition) is 0. The van der Waals surface area contributed by atoms with Crippen LogP contribution in [0.1, 0.15) is 179 Å². The fourth-order valence-electron chi connectivity index (χ4n) is 11.2. The third-order valence-corrected chi connectivity index (χ3v) is 11.1. The van der Waals surface area contributed by atoms with Crippen LogP contribution in [0.15, 0.2) is 18.2 Å². The molecule has 0 unspecified atom stereocenters. The van der Waals surface area contributed by atoms with Gasteiger partial charge in [0.15, 0.2) is 0 Å². The minimum atomic E-state index is -0.561. The van der Waals surface area contributed by atoms with E-state index in [1.54, 1.807) is 4.90 Å². The summed E-state index contributed by atoms with van der Waals surface area (Å²) in [6.07, 6.45) is 2.98. The van der Waals surface area contributed by atoms with E-state index in [4.69, 9.17) is 0 Å². The lowest BCUT2D eigenvalue weighted by molar-refractivity contribution is -0.213. The summed E-state index contributed by atoms with van der Waals surface area (Å²) in [7, 11) is 0. The summed E-state index contributed by atoms with van der Waals surface area (Å²) in [5, 5.41) is 0. The van der Waals surface area contributed by atoms with Crippen LogP contribution >= 0.6 is 0 Å². The van der Waals surface area contributed by atoms with Crippen molar-refractivity contribution in [2.45, 2.75) is 173 Å². The topological polar surface area (TPSA) is 37.4 Å². The van der Waals surface area contributed by atoms with Crippen LogP contribution in [0.5, 0.6) is 0 Å². The van der Waals surface area contributed by atoms with E-state index < -0.39 is 16.9 Å². The molecule has 2 aliphatic rings. The van der Waals surface area contributed by atoms with E-state index in [1.165, 1.54) is 40.0 Å². The zero-order chi connectivity index (χ0) is 34.8. The molecule has 3 rings (SSSR count). The molecule has 3 nitrogen and oxygen atoms in total. The van der Waals surface area contributed by atoms with Gasteiger partial charge in [-0.15, -0.1) is 0 Å². The lowest BCUT2D eigenvalue weighted by Crippen LogP contribution is -2.70. The summed E-state index contributed by atoms with van der Waals surface area (Å²) >= 11 is 0. The Morgan fingerprint density at radius 2 is 0.886 bits per heavy atom. The smallest absolute Gasteiger partial charge is 0.254 e. The number of nitrogens with zero attached hydrogens (tertiary/aromatic N) is 1. The second-order valence-electron chi connectivity index (χ2n) is 21.2. The largest absolute Gasteiger partial charge is 0.269 e. The van der Waals surface area contributed by atoms with E-state index in [2.05, 4.69) is 151 Å². The molecule has 3 heteroatoms. The van der Waals surface area contributed by atoms with Gasteiger partial charge in [-0.2, -0.15) is 0 Å². The highest BCUT2D eigenvalue weighted by Crippen LogP contribution is 2.82. The molecule has 0 aromatic heterocycles. The minimum Gasteiger partial charge on any atom is -0.269 e. The Labute approximate surface area is 272 Å². The van der Waals surface area contributed by atoms with Crippen LogP contribution in [0.3, 0.4) is 0 Å². The Hall–Kier alpha value is -1.90. The average Bonchev–Trinajstić information content (AvgIpc) is 3.21. The van der Waals surface area contributed by atoms with Gasteiger partial charge in [0.1, 0.15) is 0 Å². The van der Waals surface area contributed by atoms with Gasteiger partial charge in [0.2, 0.25) is 0 Å². The Bertz CT molecular complexity index is 1320. The van der Waals surface area contributed by atoms with Gasteiger partial charge in [-0.3, -0.25) is 14.5 Å². The Morgan fingerprint density at radius 1 is 0.523 bits per heavy atom. The number of hydrogen-bond acceptors (Lipinski definition) is 2. The molecular formula is C41H67NO2. The fourth-order valence-corrected chi connectivity index (χ4v) is 11.2. The van der Waals surface area contributed by atoms with Crippen molar-refractivity contribution in [2.24, 2.45) is 27.1 Å². The van der Waals surface area contributed by atoms with Gasteiger partial charge in [-0.25, -0.2) is 0 Å². The van der Waals surface area contributed by atoms with Crippen molar-refractivity contribution in [3.63, 3.8) is 0 Å². The molecule has 1 aromatic carbocycles. The number of rotatable bonds is 1. The quantitative estimate of drug-likeness (QED) is 0.299. The predicted octanol–water partition coefficient (Wildman–Crippen LogP) is 11.0. The van der Waals surface area contributed by atoms with E-state index in [0.29, 0.717) is 0 Å². The molecule has 1 heterocycles. The normalized spacial score (nSPS) is 21.4. The van der Waals surface area contributed by atoms with Crippen molar-refractivity contribution in [3.05, 3.63) is 46.0 Å². The molecule has 1 aromatic rings. The van der Waals surface area contributed by atoms with E-state index >= 15 is 0 Å². The van der Waals surface area contributed by atoms with Gasteiger partial charge < -0.3 is 0 Å². The number of carbonyl (C=O) groups excluding carboxylic acids is 2. The molecule has 2 amide bonds. The van der Waals surface area contributed by atoms with Gasteiger partial charge in [-0.1, -0.05) is 151 Å². The Morgan fingerprint density at radius 3 is 1.16 bits per heavy atom. The van der Waals surface area contributed by atoms with Crippen molar-refractivity contribution in [1.29, 1.82) is 0 Å². The maximum atomic E-state index is 14.0. The zero-order valence-corrected chi connectivity index (χ0v) is 32.6. The molecule has 0 radical (unpaired) electrons. The van der Waals surface area contributed by atoms with Crippen LogP contribution in [0, 0.1) is 27.1 Å². The molecule has 1 atom stereocenters. The molecule has 248 valence electrons. The monoisotopic (exact) mass is 606 g/mol. The van der Waals surface area contributed by atoms with Gasteiger partial charge >= 0.3 is 0 Å². The third kappa shape index (κ3) is 4.71. The Kier molecular flexibility index (Phi) is 8.15. The summed E-state index contributed by atoms with van der Waals surface area (Å²) in [6.45, 7) is 49.9. The number of fused-ring (bicyclic) bond motifs is 1. The molecule has 0 saturated carbocycles. The highest BCUT2D eigenvalue weighted by molar-refractivity contribution is 6.13. The molecule has 0 N–H and O–H groups in total. The second-order valence-corrected chi connectivity index (χ2v) is 21.2. The summed E-state index contributed by atoms with van der Waals surface area (Å²) in [4.78, 5) is 29.7. The highest BCUT2D eigenvalue weighted by Gasteiger charge is 2.79. The maximum Gasteiger partial charge on any atom is 0.254 e. The SMILES string of the molecule is CC(C)(C)c1cc2c(c(C(C)(C)C)c1C(C)(C)C)C(C(C)(C)C)(C(C)(C)C)C(C(C)(C)C)(C(C)(C)C)[C@H]2N1C(=O)C=CC1=O. The predicted molar refractivity (Wildman–Crippen MR) is 188 cm³/mol. The molecule has 1 aliphatic carbocycles. The molecule has 0 saturated heterocycles. The zero-order valence-electron chi connectivity index (χ0n) is 32.6. The number of amides is 2. The van der Waals surface area contributed by atoms with Crippen molar-refractivity contribution in [2.75, 3.05) is 0 Å². The summed E-state index contributed by atoms with van der Waals surface area (Å²) in [5.41, 5.74) is 4.03. The first kappa shape index (κ1) is 36.6.